The van der Waals surface area contributed by atoms with Crippen LogP contribution in [0.2, 0.25) is 0 Å². The van der Waals surface area contributed by atoms with Gasteiger partial charge in [0.05, 0.1) is 17.1 Å². The van der Waals surface area contributed by atoms with E-state index in [1.807, 2.05) is 20.8 Å². The van der Waals surface area contributed by atoms with Crippen LogP contribution in [0.1, 0.15) is 19.4 Å². The Kier molecular flexibility index (Phi) is 4.68. The number of hydrogen-bond donors (Lipinski definition) is 0. The summed E-state index contributed by atoms with van der Waals surface area (Å²) in [6, 6.07) is 6.55. The van der Waals surface area contributed by atoms with Gasteiger partial charge in [-0.1, -0.05) is 17.7 Å². The van der Waals surface area contributed by atoms with E-state index in [0.717, 1.165) is 5.56 Å². The molecule has 5 nitrogen and oxygen atoms in total. The van der Waals surface area contributed by atoms with Gasteiger partial charge in [-0.2, -0.15) is 0 Å². The maximum absolute atomic E-state index is 12.3. The van der Waals surface area contributed by atoms with Gasteiger partial charge in [-0.15, -0.1) is 0 Å². The van der Waals surface area contributed by atoms with Gasteiger partial charge in [-0.3, -0.25) is 4.79 Å². The van der Waals surface area contributed by atoms with Crippen LogP contribution < -0.4 is 0 Å². The molecule has 116 valence electrons. The van der Waals surface area contributed by atoms with Crippen LogP contribution in [0.3, 0.4) is 0 Å². The number of ether oxygens (including phenoxy) is 1. The standard InChI is InChI=1S/C15H21NO4S/c1-11-4-6-14(7-5-11)21(18,19)10-15(17)16-8-12(2)20-13(3)9-16/h4-7,12-13H,8-10H2,1-3H3/t12-,13+. The summed E-state index contributed by atoms with van der Waals surface area (Å²) in [5, 5.41) is 0. The predicted molar refractivity (Wildman–Crippen MR) is 79.8 cm³/mol. The lowest BCUT2D eigenvalue weighted by Gasteiger charge is -2.35. The van der Waals surface area contributed by atoms with Gasteiger partial charge >= 0.3 is 0 Å². The minimum atomic E-state index is -3.59. The van der Waals surface area contributed by atoms with Crippen LogP contribution in [0, 0.1) is 6.92 Å². The van der Waals surface area contributed by atoms with Crippen LogP contribution >= 0.6 is 0 Å². The fourth-order valence-corrected chi connectivity index (χ4v) is 3.69. The van der Waals surface area contributed by atoms with Crippen LogP contribution in [-0.2, 0) is 19.4 Å². The van der Waals surface area contributed by atoms with Gasteiger partial charge in [0.25, 0.3) is 0 Å². The molecule has 1 aliphatic heterocycles. The normalized spacial score (nSPS) is 23.1. The lowest BCUT2D eigenvalue weighted by atomic mass is 10.2. The Hall–Kier alpha value is -1.40. The number of hydrogen-bond acceptors (Lipinski definition) is 4. The largest absolute Gasteiger partial charge is 0.372 e. The molecule has 1 heterocycles. The van der Waals surface area contributed by atoms with Crippen LogP contribution in [0.25, 0.3) is 0 Å². The third kappa shape index (κ3) is 4.04. The van der Waals surface area contributed by atoms with Crippen molar-refractivity contribution in [2.24, 2.45) is 0 Å². The Morgan fingerprint density at radius 2 is 1.71 bits per heavy atom. The molecule has 2 atom stereocenters. The highest BCUT2D eigenvalue weighted by Gasteiger charge is 2.29. The number of benzene rings is 1. The van der Waals surface area contributed by atoms with Crippen LogP contribution in [0.15, 0.2) is 29.2 Å². The molecule has 6 heteroatoms. The molecule has 1 aromatic rings. The lowest BCUT2D eigenvalue weighted by Crippen LogP contribution is -2.49. The first kappa shape index (κ1) is 16.0. The molecule has 0 N–H and O–H groups in total. The second-order valence-electron chi connectivity index (χ2n) is 5.63. The van der Waals surface area contributed by atoms with E-state index in [0.29, 0.717) is 13.1 Å². The third-order valence-corrected chi connectivity index (χ3v) is 5.08. The second kappa shape index (κ2) is 6.15. The Morgan fingerprint density at radius 3 is 2.24 bits per heavy atom. The molecular formula is C15H21NO4S. The highest BCUT2D eigenvalue weighted by molar-refractivity contribution is 7.92. The quantitative estimate of drug-likeness (QED) is 0.846. The molecule has 0 radical (unpaired) electrons. The molecular weight excluding hydrogens is 290 g/mol. The summed E-state index contributed by atoms with van der Waals surface area (Å²) < 4.78 is 30.1. The molecule has 0 unspecified atom stereocenters. The van der Waals surface area contributed by atoms with Crippen molar-refractivity contribution in [1.82, 2.24) is 4.90 Å². The number of nitrogens with zero attached hydrogens (tertiary/aromatic N) is 1. The molecule has 0 bridgehead atoms. The molecule has 1 saturated heterocycles. The van der Waals surface area contributed by atoms with E-state index in [2.05, 4.69) is 0 Å². The number of amides is 1. The summed E-state index contributed by atoms with van der Waals surface area (Å²) in [7, 11) is -3.59. The maximum Gasteiger partial charge on any atom is 0.238 e. The van der Waals surface area contributed by atoms with Gasteiger partial charge in [-0.25, -0.2) is 8.42 Å². The van der Waals surface area contributed by atoms with Crippen molar-refractivity contribution >= 4 is 15.7 Å². The molecule has 2 rings (SSSR count). The van der Waals surface area contributed by atoms with Gasteiger partial charge in [0.15, 0.2) is 9.84 Å². The molecule has 1 fully saturated rings. The first-order valence-electron chi connectivity index (χ1n) is 7.00. The summed E-state index contributed by atoms with van der Waals surface area (Å²) in [6.07, 6.45) is -0.139. The second-order valence-corrected chi connectivity index (χ2v) is 7.62. The molecule has 0 aliphatic carbocycles. The first-order valence-corrected chi connectivity index (χ1v) is 8.66. The van der Waals surface area contributed by atoms with E-state index in [-0.39, 0.29) is 23.0 Å². The van der Waals surface area contributed by atoms with Gasteiger partial charge in [0.2, 0.25) is 5.91 Å². The van der Waals surface area contributed by atoms with Crippen molar-refractivity contribution in [1.29, 1.82) is 0 Å². The maximum atomic E-state index is 12.3. The van der Waals surface area contributed by atoms with Crippen molar-refractivity contribution in [2.75, 3.05) is 18.8 Å². The summed E-state index contributed by atoms with van der Waals surface area (Å²) >= 11 is 0. The molecule has 0 spiro atoms. The third-order valence-electron chi connectivity index (χ3n) is 3.47. The zero-order valence-corrected chi connectivity index (χ0v) is 13.4. The van der Waals surface area contributed by atoms with Crippen molar-refractivity contribution in [3.05, 3.63) is 29.8 Å². The fraction of sp³-hybridized carbons (Fsp3) is 0.533. The smallest absolute Gasteiger partial charge is 0.238 e. The summed E-state index contributed by atoms with van der Waals surface area (Å²) in [5.74, 6) is -0.854. The zero-order valence-electron chi connectivity index (χ0n) is 12.6. The van der Waals surface area contributed by atoms with E-state index in [1.165, 1.54) is 0 Å². The SMILES string of the molecule is Cc1ccc(S(=O)(=O)CC(=O)N2C[C@@H](C)O[C@@H](C)C2)cc1. The number of rotatable bonds is 3. The molecule has 1 amide bonds. The van der Waals surface area contributed by atoms with Crippen LogP contribution in [0.4, 0.5) is 0 Å². The average Bonchev–Trinajstić information content (AvgIpc) is 2.37. The van der Waals surface area contributed by atoms with Crippen molar-refractivity contribution in [3.8, 4) is 0 Å². The Morgan fingerprint density at radius 1 is 1.19 bits per heavy atom. The van der Waals surface area contributed by atoms with Crippen molar-refractivity contribution in [3.63, 3.8) is 0 Å². The van der Waals surface area contributed by atoms with E-state index in [4.69, 9.17) is 4.74 Å². The lowest BCUT2D eigenvalue weighted by molar-refractivity contribution is -0.140. The van der Waals surface area contributed by atoms with Gasteiger partial charge < -0.3 is 9.64 Å². The summed E-state index contributed by atoms with van der Waals surface area (Å²) in [5.41, 5.74) is 0.983. The van der Waals surface area contributed by atoms with Crippen molar-refractivity contribution < 1.29 is 17.9 Å². The topological polar surface area (TPSA) is 63.7 Å². The highest BCUT2D eigenvalue weighted by Crippen LogP contribution is 2.15. The molecule has 0 saturated carbocycles. The minimum absolute atomic E-state index is 0.0696. The van der Waals surface area contributed by atoms with Gasteiger partial charge in [-0.05, 0) is 32.9 Å². The number of carbonyl (C=O) groups excluding carboxylic acids is 1. The molecule has 1 aromatic carbocycles. The zero-order chi connectivity index (χ0) is 15.6. The van der Waals surface area contributed by atoms with E-state index in [9.17, 15) is 13.2 Å². The summed E-state index contributed by atoms with van der Waals surface area (Å²) in [4.78, 5) is 14.0. The number of sulfone groups is 1. The Bertz CT molecular complexity index is 599. The van der Waals surface area contributed by atoms with Crippen LogP contribution in [0.5, 0.6) is 0 Å². The average molecular weight is 311 g/mol. The van der Waals surface area contributed by atoms with E-state index < -0.39 is 15.6 Å². The Labute approximate surface area is 125 Å². The predicted octanol–water partition coefficient (Wildman–Crippen LogP) is 1.40. The molecule has 0 aromatic heterocycles. The van der Waals surface area contributed by atoms with Crippen molar-refractivity contribution in [2.45, 2.75) is 37.9 Å². The van der Waals surface area contributed by atoms with Gasteiger partial charge in [0.1, 0.15) is 5.75 Å². The van der Waals surface area contributed by atoms with E-state index in [1.54, 1.807) is 29.2 Å². The first-order chi connectivity index (χ1) is 9.78. The monoisotopic (exact) mass is 311 g/mol. The Balaban J connectivity index is 2.09. The highest BCUT2D eigenvalue weighted by atomic mass is 32.2. The van der Waals surface area contributed by atoms with Gasteiger partial charge in [0, 0.05) is 13.1 Å². The molecule has 1 aliphatic rings. The van der Waals surface area contributed by atoms with E-state index >= 15 is 0 Å². The number of aryl methyl sites for hydroxylation is 1. The number of morpholine rings is 1. The molecule has 21 heavy (non-hydrogen) atoms. The minimum Gasteiger partial charge on any atom is -0.372 e. The fourth-order valence-electron chi connectivity index (χ4n) is 2.46. The summed E-state index contributed by atoms with van der Waals surface area (Å²) in [6.45, 7) is 6.52. The number of carbonyl (C=O) groups is 1. The van der Waals surface area contributed by atoms with Crippen LogP contribution in [-0.4, -0.2) is 50.3 Å².